The van der Waals surface area contributed by atoms with Crippen LogP contribution in [-0.4, -0.2) is 49.4 Å². The number of hydrogen-bond acceptors (Lipinski definition) is 5. The molecule has 5 heteroatoms. The van der Waals surface area contributed by atoms with Crippen molar-refractivity contribution in [2.45, 2.75) is 38.5 Å². The van der Waals surface area contributed by atoms with Gasteiger partial charge >= 0.3 is 0 Å². The van der Waals surface area contributed by atoms with E-state index in [0.29, 0.717) is 6.04 Å². The minimum absolute atomic E-state index is 0.268. The molecule has 2 fully saturated rings. The van der Waals surface area contributed by atoms with Crippen molar-refractivity contribution in [2.75, 3.05) is 41.3 Å². The van der Waals surface area contributed by atoms with E-state index in [1.807, 2.05) is 0 Å². The Hall–Kier alpha value is -1.49. The van der Waals surface area contributed by atoms with Crippen LogP contribution in [0.2, 0.25) is 0 Å². The number of rotatable bonds is 1. The van der Waals surface area contributed by atoms with Crippen molar-refractivity contribution in [3.8, 4) is 0 Å². The maximum Gasteiger partial charge on any atom is 0.152 e. The molecule has 108 valence electrons. The first kappa shape index (κ1) is 12.3. The molecule has 20 heavy (non-hydrogen) atoms. The van der Waals surface area contributed by atoms with E-state index in [-0.39, 0.29) is 12.2 Å². The highest BCUT2D eigenvalue weighted by Gasteiger charge is 2.31. The Labute approximate surface area is 119 Å². The van der Waals surface area contributed by atoms with Crippen molar-refractivity contribution in [3.63, 3.8) is 0 Å². The van der Waals surface area contributed by atoms with Gasteiger partial charge in [0.2, 0.25) is 0 Å². The highest BCUT2D eigenvalue weighted by molar-refractivity contribution is 5.72. The number of morpholine rings is 1. The second kappa shape index (κ2) is 4.52. The smallest absolute Gasteiger partial charge is 0.152 e. The van der Waals surface area contributed by atoms with Gasteiger partial charge in [0.1, 0.15) is 5.82 Å². The summed E-state index contributed by atoms with van der Waals surface area (Å²) in [6.45, 7) is 8.38. The zero-order valence-electron chi connectivity index (χ0n) is 12.2. The number of nitrogens with one attached hydrogen (secondary N) is 1. The molecule has 3 atom stereocenters. The summed E-state index contributed by atoms with van der Waals surface area (Å²) in [7, 11) is 0. The maximum absolute atomic E-state index is 5.80. The predicted molar refractivity (Wildman–Crippen MR) is 80.7 cm³/mol. The van der Waals surface area contributed by atoms with Gasteiger partial charge in [0.25, 0.3) is 0 Å². The minimum atomic E-state index is 0.268. The van der Waals surface area contributed by atoms with Crippen LogP contribution in [0.4, 0.5) is 17.3 Å². The highest BCUT2D eigenvalue weighted by atomic mass is 16.5. The van der Waals surface area contributed by atoms with Gasteiger partial charge in [-0.15, -0.1) is 0 Å². The van der Waals surface area contributed by atoms with Gasteiger partial charge in [0.05, 0.1) is 17.9 Å². The average Bonchev–Trinajstić information content (AvgIpc) is 2.80. The van der Waals surface area contributed by atoms with E-state index in [1.54, 1.807) is 0 Å². The molecular weight excluding hydrogens is 252 g/mol. The van der Waals surface area contributed by atoms with Crippen LogP contribution in [0.3, 0.4) is 0 Å². The van der Waals surface area contributed by atoms with E-state index in [2.05, 4.69) is 41.1 Å². The number of ether oxygens (including phenoxy) is 1. The third-order valence-corrected chi connectivity index (χ3v) is 4.47. The summed E-state index contributed by atoms with van der Waals surface area (Å²) in [4.78, 5) is 9.65. The fourth-order valence-electron chi connectivity index (χ4n) is 3.63. The molecule has 0 aromatic carbocycles. The standard InChI is InChI=1S/C15H22N4O/c1-10-7-19(8-11(2)20-10)14-4-3-13-15(17-14)16-12-5-6-18(13)9-12/h3-4,10-12H,5-9H2,1-2H3,(H,16,17)/t10-,11-,12?/m0/s1. The van der Waals surface area contributed by atoms with Crippen LogP contribution in [0, 0.1) is 0 Å². The molecule has 4 rings (SSSR count). The number of nitrogens with zero attached hydrogens (tertiary/aromatic N) is 3. The quantitative estimate of drug-likeness (QED) is 0.844. The van der Waals surface area contributed by atoms with Crippen molar-refractivity contribution in [2.24, 2.45) is 0 Å². The highest BCUT2D eigenvalue weighted by Crippen LogP contribution is 2.35. The van der Waals surface area contributed by atoms with E-state index >= 15 is 0 Å². The Morgan fingerprint density at radius 2 is 1.95 bits per heavy atom. The van der Waals surface area contributed by atoms with Crippen LogP contribution >= 0.6 is 0 Å². The van der Waals surface area contributed by atoms with E-state index in [9.17, 15) is 0 Å². The van der Waals surface area contributed by atoms with Gasteiger partial charge in [0, 0.05) is 32.2 Å². The number of fused-ring (bicyclic) bond motifs is 4. The SMILES string of the molecule is C[C@H]1CN(c2ccc3c(n2)NC2CCN3C2)C[C@H](C)O1. The van der Waals surface area contributed by atoms with Crippen molar-refractivity contribution < 1.29 is 4.74 Å². The Kier molecular flexibility index (Phi) is 2.77. The summed E-state index contributed by atoms with van der Waals surface area (Å²) in [6.07, 6.45) is 1.76. The van der Waals surface area contributed by atoms with Gasteiger partial charge in [-0.25, -0.2) is 4.98 Å². The molecule has 3 aliphatic heterocycles. The van der Waals surface area contributed by atoms with Crippen molar-refractivity contribution >= 4 is 17.3 Å². The molecular formula is C15H22N4O. The number of anilines is 3. The van der Waals surface area contributed by atoms with E-state index in [0.717, 1.165) is 37.8 Å². The van der Waals surface area contributed by atoms with Crippen LogP contribution in [0.25, 0.3) is 0 Å². The number of pyridine rings is 1. The second-order valence-electron chi connectivity index (χ2n) is 6.28. The fourth-order valence-corrected chi connectivity index (χ4v) is 3.63. The number of aromatic nitrogens is 1. The van der Waals surface area contributed by atoms with E-state index < -0.39 is 0 Å². The molecule has 2 saturated heterocycles. The summed E-state index contributed by atoms with van der Waals surface area (Å²) in [5.74, 6) is 2.13. The van der Waals surface area contributed by atoms with Crippen LogP contribution in [0.1, 0.15) is 20.3 Å². The molecule has 5 nitrogen and oxygen atoms in total. The fraction of sp³-hybridized carbons (Fsp3) is 0.667. The molecule has 1 aromatic rings. The Bertz CT molecular complexity index is 511. The zero-order chi connectivity index (χ0) is 13.7. The maximum atomic E-state index is 5.80. The molecule has 1 unspecified atom stereocenters. The molecule has 2 bridgehead atoms. The average molecular weight is 274 g/mol. The minimum Gasteiger partial charge on any atom is -0.372 e. The van der Waals surface area contributed by atoms with E-state index in [4.69, 9.17) is 9.72 Å². The van der Waals surface area contributed by atoms with Crippen molar-refractivity contribution in [1.82, 2.24) is 4.98 Å². The molecule has 0 amide bonds. The Morgan fingerprint density at radius 1 is 1.15 bits per heavy atom. The Balaban J connectivity index is 1.62. The molecule has 0 radical (unpaired) electrons. The topological polar surface area (TPSA) is 40.6 Å². The first-order valence-electron chi connectivity index (χ1n) is 7.62. The molecule has 3 aliphatic rings. The molecule has 1 aromatic heterocycles. The van der Waals surface area contributed by atoms with Crippen LogP contribution in [-0.2, 0) is 4.74 Å². The third-order valence-electron chi connectivity index (χ3n) is 4.47. The molecule has 0 saturated carbocycles. The molecule has 1 N–H and O–H groups in total. The lowest BCUT2D eigenvalue weighted by Crippen LogP contribution is -2.46. The van der Waals surface area contributed by atoms with Crippen molar-refractivity contribution in [1.29, 1.82) is 0 Å². The summed E-state index contributed by atoms with van der Waals surface area (Å²) in [5, 5.41) is 3.58. The molecule has 0 spiro atoms. The summed E-state index contributed by atoms with van der Waals surface area (Å²) in [5.41, 5.74) is 1.26. The summed E-state index contributed by atoms with van der Waals surface area (Å²) in [6, 6.07) is 4.95. The monoisotopic (exact) mass is 274 g/mol. The van der Waals surface area contributed by atoms with Gasteiger partial charge in [-0.05, 0) is 32.4 Å². The summed E-state index contributed by atoms with van der Waals surface area (Å²) >= 11 is 0. The van der Waals surface area contributed by atoms with E-state index in [1.165, 1.54) is 12.1 Å². The van der Waals surface area contributed by atoms with Gasteiger partial charge < -0.3 is 19.9 Å². The second-order valence-corrected chi connectivity index (χ2v) is 6.28. The van der Waals surface area contributed by atoms with Crippen LogP contribution in [0.5, 0.6) is 0 Å². The van der Waals surface area contributed by atoms with Gasteiger partial charge in [-0.1, -0.05) is 0 Å². The van der Waals surface area contributed by atoms with Crippen LogP contribution in [0.15, 0.2) is 12.1 Å². The zero-order valence-corrected chi connectivity index (χ0v) is 12.2. The van der Waals surface area contributed by atoms with Gasteiger partial charge in [-0.3, -0.25) is 0 Å². The Morgan fingerprint density at radius 3 is 2.75 bits per heavy atom. The predicted octanol–water partition coefficient (Wildman–Crippen LogP) is 1.70. The summed E-state index contributed by atoms with van der Waals surface area (Å²) < 4.78 is 5.80. The van der Waals surface area contributed by atoms with Gasteiger partial charge in [-0.2, -0.15) is 0 Å². The first-order chi connectivity index (χ1) is 9.69. The molecule has 0 aliphatic carbocycles. The normalized spacial score (nSPS) is 32.0. The lowest BCUT2D eigenvalue weighted by molar-refractivity contribution is -0.00545. The first-order valence-corrected chi connectivity index (χ1v) is 7.62. The van der Waals surface area contributed by atoms with Crippen molar-refractivity contribution in [3.05, 3.63) is 12.1 Å². The largest absolute Gasteiger partial charge is 0.372 e. The van der Waals surface area contributed by atoms with Gasteiger partial charge in [0.15, 0.2) is 5.82 Å². The van der Waals surface area contributed by atoms with Crippen LogP contribution < -0.4 is 15.1 Å². The lowest BCUT2D eigenvalue weighted by atomic mass is 10.2. The lowest BCUT2D eigenvalue weighted by Gasteiger charge is -2.37. The third kappa shape index (κ3) is 2.00. The number of hydrogen-bond donors (Lipinski definition) is 1. The molecule has 4 heterocycles.